The van der Waals surface area contributed by atoms with E-state index in [9.17, 15) is 13.6 Å². The number of aromatic nitrogens is 1. The maximum atomic E-state index is 12.7. The lowest BCUT2D eigenvalue weighted by molar-refractivity contribution is 0.0594. The van der Waals surface area contributed by atoms with Gasteiger partial charge in [-0.3, -0.25) is 0 Å². The average molecular weight is 230 g/mol. The second-order valence-corrected chi connectivity index (χ2v) is 3.29. The first-order valence-electron chi connectivity index (χ1n) is 4.53. The van der Waals surface area contributed by atoms with Crippen LogP contribution in [0.25, 0.3) is 0 Å². The van der Waals surface area contributed by atoms with Crippen molar-refractivity contribution in [2.24, 2.45) is 0 Å². The molecule has 0 atom stereocenters. The van der Waals surface area contributed by atoms with E-state index in [4.69, 9.17) is 5.73 Å². The fourth-order valence-corrected chi connectivity index (χ4v) is 1.46. The Hall–Kier alpha value is -1.72. The molecule has 0 saturated carbocycles. The Morgan fingerprint density at radius 1 is 1.44 bits per heavy atom. The molecule has 0 aliphatic carbocycles. The number of methoxy groups -OCH3 is 1. The minimum atomic E-state index is -2.67. The monoisotopic (exact) mass is 230 g/mol. The molecule has 88 valence electrons. The number of pyridine rings is 1. The summed E-state index contributed by atoms with van der Waals surface area (Å²) in [6.07, 6.45) is -2.67. The van der Waals surface area contributed by atoms with Crippen LogP contribution in [0.5, 0.6) is 0 Å². The van der Waals surface area contributed by atoms with Crippen molar-refractivity contribution in [1.82, 2.24) is 4.98 Å². The Kier molecular flexibility index (Phi) is 3.41. The van der Waals surface area contributed by atoms with Crippen LogP contribution in [0.15, 0.2) is 0 Å². The molecule has 0 spiro atoms. The van der Waals surface area contributed by atoms with Gasteiger partial charge in [0.2, 0.25) is 0 Å². The second kappa shape index (κ2) is 4.42. The number of alkyl halides is 2. The molecule has 4 nitrogen and oxygen atoms in total. The minimum Gasteiger partial charge on any atom is -0.464 e. The second-order valence-electron chi connectivity index (χ2n) is 3.29. The minimum absolute atomic E-state index is 0.0623. The summed E-state index contributed by atoms with van der Waals surface area (Å²) >= 11 is 0. The van der Waals surface area contributed by atoms with Crippen LogP contribution in [0.3, 0.4) is 0 Å². The molecule has 1 rings (SSSR count). The van der Waals surface area contributed by atoms with Crippen LogP contribution in [0.1, 0.15) is 33.7 Å². The summed E-state index contributed by atoms with van der Waals surface area (Å²) in [6.45, 7) is 2.83. The molecule has 0 aliphatic rings. The molecule has 0 fully saturated rings. The average Bonchev–Trinajstić information content (AvgIpc) is 2.22. The largest absolute Gasteiger partial charge is 0.464 e. The molecule has 0 bridgehead atoms. The zero-order chi connectivity index (χ0) is 12.5. The van der Waals surface area contributed by atoms with Crippen molar-refractivity contribution in [2.45, 2.75) is 20.3 Å². The Balaban J connectivity index is 3.45. The van der Waals surface area contributed by atoms with E-state index in [0.29, 0.717) is 0 Å². The lowest BCUT2D eigenvalue weighted by atomic mass is 10.0. The molecule has 0 aromatic carbocycles. The molecular formula is C10H12F2N2O2. The molecule has 1 aromatic heterocycles. The highest BCUT2D eigenvalue weighted by atomic mass is 19.3. The summed E-state index contributed by atoms with van der Waals surface area (Å²) in [5, 5.41) is 0. The number of hydrogen-bond donors (Lipinski definition) is 1. The van der Waals surface area contributed by atoms with E-state index >= 15 is 0 Å². The van der Waals surface area contributed by atoms with E-state index in [-0.39, 0.29) is 28.2 Å². The topological polar surface area (TPSA) is 65.2 Å². The molecule has 2 N–H and O–H groups in total. The smallest absolute Gasteiger partial charge is 0.358 e. The number of carbonyl (C=O) groups excluding carboxylic acids is 1. The molecule has 1 aromatic rings. The van der Waals surface area contributed by atoms with Crippen LogP contribution in [0.4, 0.5) is 14.5 Å². The first-order valence-corrected chi connectivity index (χ1v) is 4.53. The summed E-state index contributed by atoms with van der Waals surface area (Å²) in [6, 6.07) is 0. The number of rotatable bonds is 2. The van der Waals surface area contributed by atoms with Crippen molar-refractivity contribution in [3.05, 3.63) is 22.5 Å². The lowest BCUT2D eigenvalue weighted by Crippen LogP contribution is -2.13. The van der Waals surface area contributed by atoms with Crippen molar-refractivity contribution in [2.75, 3.05) is 12.8 Å². The molecule has 0 saturated heterocycles. The van der Waals surface area contributed by atoms with Gasteiger partial charge in [-0.15, -0.1) is 0 Å². The maximum absolute atomic E-state index is 12.7. The summed E-state index contributed by atoms with van der Waals surface area (Å²) in [5.41, 5.74) is 5.41. The van der Waals surface area contributed by atoms with Gasteiger partial charge in [-0.05, 0) is 19.4 Å². The van der Waals surface area contributed by atoms with E-state index < -0.39 is 12.4 Å². The zero-order valence-electron chi connectivity index (χ0n) is 9.17. The highest BCUT2D eigenvalue weighted by Crippen LogP contribution is 2.30. The van der Waals surface area contributed by atoms with E-state index in [2.05, 4.69) is 9.72 Å². The normalized spacial score (nSPS) is 10.6. The van der Waals surface area contributed by atoms with Crippen molar-refractivity contribution >= 4 is 11.7 Å². The van der Waals surface area contributed by atoms with Gasteiger partial charge in [-0.1, -0.05) is 0 Å². The third-order valence-electron chi connectivity index (χ3n) is 2.33. The predicted molar refractivity (Wildman–Crippen MR) is 54.4 cm³/mol. The first kappa shape index (κ1) is 12.4. The van der Waals surface area contributed by atoms with Crippen molar-refractivity contribution in [3.63, 3.8) is 0 Å². The molecule has 0 radical (unpaired) electrons. The molecular weight excluding hydrogens is 218 g/mol. The number of anilines is 1. The van der Waals surface area contributed by atoms with E-state index in [1.54, 1.807) is 0 Å². The highest BCUT2D eigenvalue weighted by Gasteiger charge is 2.22. The Morgan fingerprint density at radius 3 is 2.44 bits per heavy atom. The number of nitrogens with two attached hydrogens (primary N) is 1. The fourth-order valence-electron chi connectivity index (χ4n) is 1.46. The fraction of sp³-hybridized carbons (Fsp3) is 0.400. The number of aryl methyl sites for hydroxylation is 1. The number of ether oxygens (including phenoxy) is 1. The number of esters is 1. The Morgan fingerprint density at radius 2 is 2.00 bits per heavy atom. The molecule has 1 heterocycles. The van der Waals surface area contributed by atoms with Crippen LogP contribution < -0.4 is 5.73 Å². The van der Waals surface area contributed by atoms with Gasteiger partial charge in [0, 0.05) is 11.3 Å². The van der Waals surface area contributed by atoms with E-state index in [1.165, 1.54) is 21.0 Å². The molecule has 16 heavy (non-hydrogen) atoms. The van der Waals surface area contributed by atoms with Gasteiger partial charge in [0.05, 0.1) is 12.8 Å². The summed E-state index contributed by atoms with van der Waals surface area (Å²) in [7, 11) is 1.18. The van der Waals surface area contributed by atoms with Gasteiger partial charge < -0.3 is 10.5 Å². The maximum Gasteiger partial charge on any atom is 0.358 e. The Labute approximate surface area is 91.4 Å². The van der Waals surface area contributed by atoms with Gasteiger partial charge in [-0.25, -0.2) is 18.6 Å². The van der Waals surface area contributed by atoms with Crippen LogP contribution in [0.2, 0.25) is 0 Å². The predicted octanol–water partition coefficient (Wildman–Crippen LogP) is 2.00. The highest BCUT2D eigenvalue weighted by molar-refractivity contribution is 5.93. The van der Waals surface area contributed by atoms with Gasteiger partial charge in [0.15, 0.2) is 5.69 Å². The van der Waals surface area contributed by atoms with Crippen LogP contribution >= 0.6 is 0 Å². The van der Waals surface area contributed by atoms with E-state index in [0.717, 1.165) is 0 Å². The third kappa shape index (κ3) is 1.95. The van der Waals surface area contributed by atoms with Gasteiger partial charge in [0.25, 0.3) is 6.43 Å². The van der Waals surface area contributed by atoms with Gasteiger partial charge in [0.1, 0.15) is 0 Å². The van der Waals surface area contributed by atoms with Gasteiger partial charge >= 0.3 is 5.97 Å². The first-order chi connectivity index (χ1) is 7.40. The van der Waals surface area contributed by atoms with Crippen LogP contribution in [-0.4, -0.2) is 18.1 Å². The van der Waals surface area contributed by atoms with Crippen LogP contribution in [-0.2, 0) is 4.74 Å². The standard InChI is InChI=1S/C10H12F2N2O2/c1-4-6(9(11)12)5(2)14-8(7(4)13)10(15)16-3/h9H,13H2,1-3H3. The summed E-state index contributed by atoms with van der Waals surface area (Å²) in [4.78, 5) is 15.0. The lowest BCUT2D eigenvalue weighted by Gasteiger charge is -2.13. The molecule has 0 unspecified atom stereocenters. The summed E-state index contributed by atoms with van der Waals surface area (Å²) < 4.78 is 29.8. The van der Waals surface area contributed by atoms with Crippen molar-refractivity contribution in [1.29, 1.82) is 0 Å². The quantitative estimate of drug-likeness (QED) is 0.789. The number of halogens is 2. The third-order valence-corrected chi connectivity index (χ3v) is 2.33. The number of hydrogen-bond acceptors (Lipinski definition) is 4. The number of carbonyl (C=O) groups is 1. The zero-order valence-corrected chi connectivity index (χ0v) is 9.17. The molecule has 6 heteroatoms. The number of nitrogens with zero attached hydrogens (tertiary/aromatic N) is 1. The number of nitrogen functional groups attached to an aromatic ring is 1. The SMILES string of the molecule is COC(=O)c1nc(C)c(C(F)F)c(C)c1N. The van der Waals surface area contributed by atoms with Gasteiger partial charge in [-0.2, -0.15) is 0 Å². The van der Waals surface area contributed by atoms with Crippen LogP contribution in [0, 0.1) is 13.8 Å². The molecule has 0 amide bonds. The van der Waals surface area contributed by atoms with Crippen molar-refractivity contribution < 1.29 is 18.3 Å². The van der Waals surface area contributed by atoms with Crippen molar-refractivity contribution in [3.8, 4) is 0 Å². The Bertz CT molecular complexity index is 433. The van der Waals surface area contributed by atoms with E-state index in [1.807, 2.05) is 0 Å². The summed E-state index contributed by atoms with van der Waals surface area (Å²) in [5.74, 6) is -0.732. The molecule has 0 aliphatic heterocycles.